The maximum atomic E-state index is 12.1. The van der Waals surface area contributed by atoms with Gasteiger partial charge in [0.15, 0.2) is 0 Å². The van der Waals surface area contributed by atoms with Crippen molar-refractivity contribution >= 4 is 11.7 Å². The van der Waals surface area contributed by atoms with Crippen LogP contribution in [0.15, 0.2) is 30.3 Å². The van der Waals surface area contributed by atoms with Crippen LogP contribution in [-0.4, -0.2) is 18.6 Å². The van der Waals surface area contributed by atoms with Crippen LogP contribution < -0.4 is 5.32 Å². The zero-order valence-corrected chi connectivity index (χ0v) is 13.2. The van der Waals surface area contributed by atoms with E-state index in [-0.39, 0.29) is 29.4 Å². The number of hydrogen-bond acceptors (Lipinski definition) is 3. The summed E-state index contributed by atoms with van der Waals surface area (Å²) in [7, 11) is 0. The lowest BCUT2D eigenvalue weighted by Gasteiger charge is -2.38. The van der Waals surface area contributed by atoms with Gasteiger partial charge in [0, 0.05) is 11.1 Å². The van der Waals surface area contributed by atoms with E-state index in [0.29, 0.717) is 5.92 Å². The summed E-state index contributed by atoms with van der Waals surface area (Å²) in [6.45, 7) is 7.20. The number of nitrogens with one attached hydrogen (secondary N) is 1. The maximum Gasteiger partial charge on any atom is 0.325 e. The molecule has 2 aliphatic rings. The summed E-state index contributed by atoms with van der Waals surface area (Å²) in [4.78, 5) is 12.1. The van der Waals surface area contributed by atoms with E-state index in [4.69, 9.17) is 4.74 Å². The van der Waals surface area contributed by atoms with Crippen LogP contribution >= 0.6 is 0 Å². The standard InChI is InChI=1S/C18H25NO2/c1-17(2)13-9-10-18(17,3)15(11-13)21-16(20)12-19-14-7-5-4-6-8-14/h4-8,13,15,19H,9-12H2,1-3H3/t13-,15+,18-/m1/s1. The van der Waals surface area contributed by atoms with Gasteiger partial charge < -0.3 is 10.1 Å². The van der Waals surface area contributed by atoms with Crippen LogP contribution in [0.5, 0.6) is 0 Å². The highest BCUT2D eigenvalue weighted by Gasteiger charge is 2.62. The molecule has 0 saturated heterocycles. The number of ether oxygens (including phenoxy) is 1. The lowest BCUT2D eigenvalue weighted by Crippen LogP contribution is -2.39. The SMILES string of the molecule is CC1(C)[C@@H]2CC[C@]1(C)[C@@H](OC(=O)CNc1ccccc1)C2. The van der Waals surface area contributed by atoms with Crippen molar-refractivity contribution in [3.8, 4) is 0 Å². The van der Waals surface area contributed by atoms with Gasteiger partial charge in [0.05, 0.1) is 0 Å². The van der Waals surface area contributed by atoms with Crippen LogP contribution in [0.4, 0.5) is 5.69 Å². The van der Waals surface area contributed by atoms with Crippen LogP contribution in [0.25, 0.3) is 0 Å². The predicted octanol–water partition coefficient (Wildman–Crippen LogP) is 3.86. The normalized spacial score (nSPS) is 32.9. The van der Waals surface area contributed by atoms with Gasteiger partial charge in [0.2, 0.25) is 0 Å². The number of esters is 1. The molecule has 2 fully saturated rings. The molecule has 0 heterocycles. The van der Waals surface area contributed by atoms with Gasteiger partial charge in [-0.25, -0.2) is 0 Å². The molecule has 21 heavy (non-hydrogen) atoms. The average Bonchev–Trinajstić information content (AvgIpc) is 2.79. The van der Waals surface area contributed by atoms with E-state index in [0.717, 1.165) is 12.1 Å². The summed E-state index contributed by atoms with van der Waals surface area (Å²) in [5, 5.41) is 3.12. The Balaban J connectivity index is 1.57. The van der Waals surface area contributed by atoms with Crippen molar-refractivity contribution in [2.45, 2.75) is 46.1 Å². The molecular formula is C18H25NO2. The Hall–Kier alpha value is -1.51. The number of carbonyl (C=O) groups is 1. The Morgan fingerprint density at radius 3 is 2.57 bits per heavy atom. The Kier molecular flexibility index (Phi) is 3.46. The molecular weight excluding hydrogens is 262 g/mol. The summed E-state index contributed by atoms with van der Waals surface area (Å²) in [5.74, 6) is 0.552. The molecule has 3 nitrogen and oxygen atoms in total. The van der Waals surface area contributed by atoms with Gasteiger partial charge in [-0.1, -0.05) is 39.0 Å². The Bertz CT molecular complexity index is 525. The van der Waals surface area contributed by atoms with Crippen molar-refractivity contribution in [3.63, 3.8) is 0 Å². The second-order valence-corrected chi connectivity index (χ2v) is 7.31. The molecule has 3 rings (SSSR count). The van der Waals surface area contributed by atoms with E-state index in [1.807, 2.05) is 30.3 Å². The fraction of sp³-hybridized carbons (Fsp3) is 0.611. The lowest BCUT2D eigenvalue weighted by atomic mass is 9.70. The highest BCUT2D eigenvalue weighted by atomic mass is 16.5. The lowest BCUT2D eigenvalue weighted by molar-refractivity contribution is -0.154. The van der Waals surface area contributed by atoms with Crippen LogP contribution in [0, 0.1) is 16.7 Å². The van der Waals surface area contributed by atoms with E-state index < -0.39 is 0 Å². The third-order valence-electron chi connectivity index (χ3n) is 6.20. The Labute approximate surface area is 127 Å². The summed E-state index contributed by atoms with van der Waals surface area (Å²) in [5.41, 5.74) is 1.37. The van der Waals surface area contributed by atoms with E-state index in [1.54, 1.807) is 0 Å². The number of fused-ring (bicyclic) bond motifs is 2. The van der Waals surface area contributed by atoms with Gasteiger partial charge in [0.1, 0.15) is 12.6 Å². The minimum absolute atomic E-state index is 0.0799. The van der Waals surface area contributed by atoms with Gasteiger partial charge in [0.25, 0.3) is 0 Å². The number of benzene rings is 1. The van der Waals surface area contributed by atoms with Gasteiger partial charge in [-0.3, -0.25) is 4.79 Å². The highest BCUT2D eigenvalue weighted by molar-refractivity contribution is 5.75. The van der Waals surface area contributed by atoms with Crippen molar-refractivity contribution in [1.29, 1.82) is 0 Å². The molecule has 1 aromatic carbocycles. The first kappa shape index (κ1) is 14.4. The highest BCUT2D eigenvalue weighted by Crippen LogP contribution is 2.66. The molecule has 0 amide bonds. The van der Waals surface area contributed by atoms with Crippen molar-refractivity contribution in [1.82, 2.24) is 0 Å². The molecule has 114 valence electrons. The smallest absolute Gasteiger partial charge is 0.325 e. The second-order valence-electron chi connectivity index (χ2n) is 7.31. The van der Waals surface area contributed by atoms with E-state index in [9.17, 15) is 4.79 Å². The van der Waals surface area contributed by atoms with Gasteiger partial charge in [-0.15, -0.1) is 0 Å². The van der Waals surface area contributed by atoms with E-state index in [1.165, 1.54) is 12.8 Å². The van der Waals surface area contributed by atoms with Crippen LogP contribution in [0.2, 0.25) is 0 Å². The molecule has 0 aliphatic heterocycles. The molecule has 2 aliphatic carbocycles. The molecule has 1 aromatic rings. The molecule has 3 atom stereocenters. The average molecular weight is 287 g/mol. The van der Waals surface area contributed by atoms with Gasteiger partial charge >= 0.3 is 5.97 Å². The topological polar surface area (TPSA) is 38.3 Å². The summed E-state index contributed by atoms with van der Waals surface area (Å²) in [6, 6.07) is 9.77. The molecule has 0 spiro atoms. The third kappa shape index (κ3) is 2.33. The van der Waals surface area contributed by atoms with Gasteiger partial charge in [-0.2, -0.15) is 0 Å². The monoisotopic (exact) mass is 287 g/mol. The minimum Gasteiger partial charge on any atom is -0.460 e. The quantitative estimate of drug-likeness (QED) is 0.855. The Morgan fingerprint density at radius 1 is 1.29 bits per heavy atom. The summed E-state index contributed by atoms with van der Waals surface area (Å²) < 4.78 is 5.80. The number of rotatable bonds is 4. The Morgan fingerprint density at radius 2 is 2.00 bits per heavy atom. The predicted molar refractivity (Wildman–Crippen MR) is 84.0 cm³/mol. The molecule has 2 bridgehead atoms. The van der Waals surface area contributed by atoms with Crippen molar-refractivity contribution in [3.05, 3.63) is 30.3 Å². The first-order chi connectivity index (χ1) is 9.93. The molecule has 0 unspecified atom stereocenters. The minimum atomic E-state index is -0.145. The molecule has 0 aromatic heterocycles. The van der Waals surface area contributed by atoms with Crippen molar-refractivity contribution < 1.29 is 9.53 Å². The van der Waals surface area contributed by atoms with Crippen LogP contribution in [-0.2, 0) is 9.53 Å². The van der Waals surface area contributed by atoms with Crippen LogP contribution in [0.3, 0.4) is 0 Å². The largest absolute Gasteiger partial charge is 0.460 e. The van der Waals surface area contributed by atoms with Crippen molar-refractivity contribution in [2.24, 2.45) is 16.7 Å². The third-order valence-corrected chi connectivity index (χ3v) is 6.20. The molecule has 0 radical (unpaired) electrons. The molecule has 1 N–H and O–H groups in total. The zero-order chi connectivity index (χ0) is 15.1. The number of hydrogen-bond donors (Lipinski definition) is 1. The molecule has 2 saturated carbocycles. The number of anilines is 1. The number of para-hydroxylation sites is 1. The maximum absolute atomic E-state index is 12.1. The van der Waals surface area contributed by atoms with E-state index >= 15 is 0 Å². The van der Waals surface area contributed by atoms with E-state index in [2.05, 4.69) is 26.1 Å². The fourth-order valence-corrected chi connectivity index (χ4v) is 4.24. The fourth-order valence-electron chi connectivity index (χ4n) is 4.24. The summed E-state index contributed by atoms with van der Waals surface area (Å²) >= 11 is 0. The first-order valence-corrected chi connectivity index (χ1v) is 7.92. The molecule has 3 heteroatoms. The van der Waals surface area contributed by atoms with Crippen molar-refractivity contribution in [2.75, 3.05) is 11.9 Å². The van der Waals surface area contributed by atoms with Gasteiger partial charge in [-0.05, 0) is 42.7 Å². The number of carbonyl (C=O) groups excluding carboxylic acids is 1. The second kappa shape index (κ2) is 5.04. The van der Waals surface area contributed by atoms with Crippen LogP contribution in [0.1, 0.15) is 40.0 Å². The first-order valence-electron chi connectivity index (χ1n) is 7.92. The zero-order valence-electron chi connectivity index (χ0n) is 13.2. The summed E-state index contributed by atoms with van der Waals surface area (Å²) in [6.07, 6.45) is 3.56.